The van der Waals surface area contributed by atoms with E-state index in [1.807, 2.05) is 13.8 Å². The predicted octanol–water partition coefficient (Wildman–Crippen LogP) is 3.13. The predicted molar refractivity (Wildman–Crippen MR) is 74.9 cm³/mol. The second kappa shape index (κ2) is 8.87. The number of halogens is 2. The van der Waals surface area contributed by atoms with Gasteiger partial charge < -0.3 is 14.8 Å². The first kappa shape index (κ1) is 16.9. The summed E-state index contributed by atoms with van der Waals surface area (Å²) in [6.07, 6.45) is 0.907. The second-order valence-corrected chi connectivity index (χ2v) is 4.88. The molecule has 0 aliphatic rings. The molecule has 0 spiro atoms. The van der Waals surface area contributed by atoms with E-state index in [0.29, 0.717) is 31.9 Å². The SMILES string of the molecule is CCC(C)COc1c(F)cc(CNCCOC)cc1F. The number of hydrogen-bond donors (Lipinski definition) is 1. The molecule has 0 heterocycles. The molecular formula is C15H23F2NO2. The molecule has 1 aromatic rings. The van der Waals surface area contributed by atoms with Gasteiger partial charge in [0.05, 0.1) is 13.2 Å². The van der Waals surface area contributed by atoms with Crippen LogP contribution in [0.15, 0.2) is 12.1 Å². The highest BCUT2D eigenvalue weighted by molar-refractivity contribution is 5.31. The largest absolute Gasteiger partial charge is 0.487 e. The van der Waals surface area contributed by atoms with Crippen LogP contribution < -0.4 is 10.1 Å². The zero-order valence-corrected chi connectivity index (χ0v) is 12.3. The van der Waals surface area contributed by atoms with Crippen molar-refractivity contribution in [3.8, 4) is 5.75 Å². The average Bonchev–Trinajstić information content (AvgIpc) is 2.42. The minimum absolute atomic E-state index is 0.268. The van der Waals surface area contributed by atoms with Crippen molar-refractivity contribution in [2.45, 2.75) is 26.8 Å². The van der Waals surface area contributed by atoms with Gasteiger partial charge in [0.2, 0.25) is 0 Å². The van der Waals surface area contributed by atoms with Gasteiger partial charge in [-0.2, -0.15) is 0 Å². The Morgan fingerprint density at radius 3 is 2.45 bits per heavy atom. The third-order valence-electron chi connectivity index (χ3n) is 3.08. The Bertz CT molecular complexity index is 390. The lowest BCUT2D eigenvalue weighted by molar-refractivity contribution is 0.199. The topological polar surface area (TPSA) is 30.5 Å². The molecule has 0 saturated carbocycles. The van der Waals surface area contributed by atoms with Gasteiger partial charge >= 0.3 is 0 Å². The Morgan fingerprint density at radius 1 is 1.25 bits per heavy atom. The first-order valence-electron chi connectivity index (χ1n) is 6.88. The maximum atomic E-state index is 13.8. The third-order valence-corrected chi connectivity index (χ3v) is 3.08. The molecule has 1 unspecified atom stereocenters. The highest BCUT2D eigenvalue weighted by Gasteiger charge is 2.13. The molecule has 1 atom stereocenters. The van der Waals surface area contributed by atoms with E-state index in [1.54, 1.807) is 7.11 Å². The van der Waals surface area contributed by atoms with E-state index in [1.165, 1.54) is 12.1 Å². The molecule has 0 saturated heterocycles. The fourth-order valence-electron chi connectivity index (χ4n) is 1.60. The van der Waals surface area contributed by atoms with Gasteiger partial charge in [-0.1, -0.05) is 20.3 Å². The second-order valence-electron chi connectivity index (χ2n) is 4.88. The summed E-state index contributed by atoms with van der Waals surface area (Å²) in [5, 5.41) is 3.04. The number of benzene rings is 1. The Labute approximate surface area is 119 Å². The molecule has 5 heteroatoms. The number of ether oxygens (including phenoxy) is 2. The van der Waals surface area contributed by atoms with E-state index in [4.69, 9.17) is 9.47 Å². The van der Waals surface area contributed by atoms with Crippen LogP contribution >= 0.6 is 0 Å². The maximum Gasteiger partial charge on any atom is 0.190 e. The van der Waals surface area contributed by atoms with E-state index >= 15 is 0 Å². The van der Waals surface area contributed by atoms with Crippen LogP contribution in [0.25, 0.3) is 0 Å². The third kappa shape index (κ3) is 5.43. The summed E-state index contributed by atoms with van der Waals surface area (Å²) in [5.41, 5.74) is 0.548. The van der Waals surface area contributed by atoms with Crippen LogP contribution in [0.2, 0.25) is 0 Å². The van der Waals surface area contributed by atoms with Crippen LogP contribution in [0.5, 0.6) is 5.75 Å². The highest BCUT2D eigenvalue weighted by Crippen LogP contribution is 2.24. The fraction of sp³-hybridized carbons (Fsp3) is 0.600. The molecule has 1 aromatic carbocycles. The van der Waals surface area contributed by atoms with Crippen LogP contribution in [0.1, 0.15) is 25.8 Å². The van der Waals surface area contributed by atoms with Crippen molar-refractivity contribution in [1.82, 2.24) is 5.32 Å². The quantitative estimate of drug-likeness (QED) is 0.708. The lowest BCUT2D eigenvalue weighted by atomic mass is 10.1. The monoisotopic (exact) mass is 287 g/mol. The van der Waals surface area contributed by atoms with Gasteiger partial charge in [0, 0.05) is 20.2 Å². The van der Waals surface area contributed by atoms with Crippen molar-refractivity contribution >= 4 is 0 Å². The van der Waals surface area contributed by atoms with Gasteiger partial charge in [0.15, 0.2) is 17.4 Å². The summed E-state index contributed by atoms with van der Waals surface area (Å²) in [6.45, 7) is 5.88. The number of rotatable bonds is 9. The zero-order chi connectivity index (χ0) is 15.0. The summed E-state index contributed by atoms with van der Waals surface area (Å²) in [6, 6.07) is 2.60. The molecule has 0 aliphatic heterocycles. The standard InChI is InChI=1S/C15H23F2NO2/c1-4-11(2)10-20-15-13(16)7-12(8-14(15)17)9-18-5-6-19-3/h7-8,11,18H,4-6,9-10H2,1-3H3. The lowest BCUT2D eigenvalue weighted by Gasteiger charge is -2.13. The summed E-state index contributed by atoms with van der Waals surface area (Å²) in [7, 11) is 1.60. The summed E-state index contributed by atoms with van der Waals surface area (Å²) >= 11 is 0. The van der Waals surface area contributed by atoms with Crippen LogP contribution in [-0.2, 0) is 11.3 Å². The van der Waals surface area contributed by atoms with Crippen molar-refractivity contribution in [2.24, 2.45) is 5.92 Å². The lowest BCUT2D eigenvalue weighted by Crippen LogP contribution is -2.19. The summed E-state index contributed by atoms with van der Waals surface area (Å²) < 4.78 is 37.8. The summed E-state index contributed by atoms with van der Waals surface area (Å²) in [4.78, 5) is 0. The van der Waals surface area contributed by atoms with Gasteiger partial charge in [0.1, 0.15) is 0 Å². The van der Waals surface area contributed by atoms with Crippen LogP contribution in [-0.4, -0.2) is 26.9 Å². The zero-order valence-electron chi connectivity index (χ0n) is 12.3. The number of nitrogens with one attached hydrogen (secondary N) is 1. The molecule has 0 fully saturated rings. The average molecular weight is 287 g/mol. The van der Waals surface area contributed by atoms with Crippen molar-refractivity contribution < 1.29 is 18.3 Å². The number of hydrogen-bond acceptors (Lipinski definition) is 3. The molecule has 20 heavy (non-hydrogen) atoms. The van der Waals surface area contributed by atoms with Crippen LogP contribution in [0, 0.1) is 17.6 Å². The molecule has 0 aliphatic carbocycles. The smallest absolute Gasteiger partial charge is 0.190 e. The van der Waals surface area contributed by atoms with Gasteiger partial charge in [0.25, 0.3) is 0 Å². The van der Waals surface area contributed by atoms with Crippen LogP contribution in [0.3, 0.4) is 0 Å². The molecule has 0 bridgehead atoms. The minimum Gasteiger partial charge on any atom is -0.487 e. The summed E-state index contributed by atoms with van der Waals surface area (Å²) in [5.74, 6) is -1.33. The molecule has 1 rings (SSSR count). The highest BCUT2D eigenvalue weighted by atomic mass is 19.1. The molecule has 114 valence electrons. The first-order valence-corrected chi connectivity index (χ1v) is 6.88. The molecule has 0 amide bonds. The van der Waals surface area contributed by atoms with Gasteiger partial charge in [-0.25, -0.2) is 8.78 Å². The van der Waals surface area contributed by atoms with Crippen molar-refractivity contribution in [1.29, 1.82) is 0 Å². The molecular weight excluding hydrogens is 264 g/mol. The van der Waals surface area contributed by atoms with E-state index in [9.17, 15) is 8.78 Å². The Balaban J connectivity index is 2.61. The van der Waals surface area contributed by atoms with Crippen molar-refractivity contribution in [2.75, 3.05) is 26.9 Å². The van der Waals surface area contributed by atoms with E-state index in [-0.39, 0.29) is 11.7 Å². The van der Waals surface area contributed by atoms with Crippen LogP contribution in [0.4, 0.5) is 8.78 Å². The fourth-order valence-corrected chi connectivity index (χ4v) is 1.60. The molecule has 3 nitrogen and oxygen atoms in total. The molecule has 0 radical (unpaired) electrons. The van der Waals surface area contributed by atoms with Gasteiger partial charge in [-0.15, -0.1) is 0 Å². The molecule has 1 N–H and O–H groups in total. The number of methoxy groups -OCH3 is 1. The van der Waals surface area contributed by atoms with Crippen molar-refractivity contribution in [3.63, 3.8) is 0 Å². The Morgan fingerprint density at radius 2 is 1.90 bits per heavy atom. The van der Waals surface area contributed by atoms with Gasteiger partial charge in [-0.05, 0) is 23.6 Å². The minimum atomic E-state index is -0.656. The Kier molecular flexibility index (Phi) is 7.47. The van der Waals surface area contributed by atoms with E-state index in [2.05, 4.69) is 5.32 Å². The van der Waals surface area contributed by atoms with E-state index in [0.717, 1.165) is 6.42 Å². The normalized spacial score (nSPS) is 12.4. The van der Waals surface area contributed by atoms with Gasteiger partial charge in [-0.3, -0.25) is 0 Å². The molecule has 0 aromatic heterocycles. The first-order chi connectivity index (χ1) is 9.58. The Hall–Kier alpha value is -1.20. The van der Waals surface area contributed by atoms with Crippen molar-refractivity contribution in [3.05, 3.63) is 29.3 Å². The van der Waals surface area contributed by atoms with E-state index < -0.39 is 11.6 Å². The maximum absolute atomic E-state index is 13.8.